The molecule has 0 bridgehead atoms. The third-order valence-electron chi connectivity index (χ3n) is 3.89. The molecule has 0 aromatic carbocycles. The van der Waals surface area contributed by atoms with Crippen molar-refractivity contribution in [1.82, 2.24) is 0 Å². The zero-order chi connectivity index (χ0) is 9.90. The number of rotatable bonds is 2. The third-order valence-corrected chi connectivity index (χ3v) is 3.89. The minimum Gasteiger partial charge on any atom is -0.0707 e. The van der Waals surface area contributed by atoms with Gasteiger partial charge in [0.15, 0.2) is 0 Å². The molecule has 0 N–H and O–H groups in total. The summed E-state index contributed by atoms with van der Waals surface area (Å²) in [6, 6.07) is 0. The molecule has 0 amide bonds. The van der Waals surface area contributed by atoms with Gasteiger partial charge >= 0.3 is 0 Å². The van der Waals surface area contributed by atoms with Crippen LogP contribution in [0.2, 0.25) is 0 Å². The van der Waals surface area contributed by atoms with Crippen LogP contribution in [0.1, 0.15) is 66.2 Å². The Bertz CT molecular complexity index is 188. The van der Waals surface area contributed by atoms with E-state index in [1.54, 1.807) is 11.1 Å². The van der Waals surface area contributed by atoms with Crippen LogP contribution in [0.3, 0.4) is 0 Å². The van der Waals surface area contributed by atoms with Gasteiger partial charge < -0.3 is 0 Å². The van der Waals surface area contributed by atoms with Crippen LogP contribution in [-0.4, -0.2) is 0 Å². The van der Waals surface area contributed by atoms with Crippen LogP contribution in [0, 0.1) is 5.41 Å². The first-order valence-electron chi connectivity index (χ1n) is 5.77. The zero-order valence-electron chi connectivity index (χ0n) is 9.74. The molecule has 1 rings (SSSR count). The topological polar surface area (TPSA) is 0 Å². The summed E-state index contributed by atoms with van der Waals surface area (Å²) < 4.78 is 0. The standard InChI is InChI=1S/C13H24/c1-5-13(3,4)11(2)12-9-7-6-8-10-12/h5-10H2,1-4H3. The molecule has 1 saturated carbocycles. The Morgan fingerprint density at radius 2 is 1.69 bits per heavy atom. The molecule has 1 aliphatic rings. The highest BCUT2D eigenvalue weighted by Crippen LogP contribution is 2.36. The van der Waals surface area contributed by atoms with Crippen LogP contribution in [0.15, 0.2) is 11.1 Å². The molecule has 0 unspecified atom stereocenters. The molecular formula is C13H24. The molecular weight excluding hydrogens is 156 g/mol. The van der Waals surface area contributed by atoms with Gasteiger partial charge in [0.05, 0.1) is 0 Å². The van der Waals surface area contributed by atoms with Crippen LogP contribution in [0.5, 0.6) is 0 Å². The molecule has 76 valence electrons. The molecule has 0 aliphatic heterocycles. The lowest BCUT2D eigenvalue weighted by atomic mass is 9.77. The van der Waals surface area contributed by atoms with Crippen molar-refractivity contribution in [2.75, 3.05) is 0 Å². The van der Waals surface area contributed by atoms with E-state index in [0.29, 0.717) is 5.41 Å². The van der Waals surface area contributed by atoms with Crippen LogP contribution in [0.4, 0.5) is 0 Å². The van der Waals surface area contributed by atoms with Crippen molar-refractivity contribution in [1.29, 1.82) is 0 Å². The number of allylic oxidation sites excluding steroid dienone is 2. The normalized spacial score (nSPS) is 18.9. The quantitative estimate of drug-likeness (QED) is 0.540. The van der Waals surface area contributed by atoms with Gasteiger partial charge in [-0.25, -0.2) is 0 Å². The van der Waals surface area contributed by atoms with Gasteiger partial charge in [-0.15, -0.1) is 0 Å². The smallest absolute Gasteiger partial charge is 0.0147 e. The molecule has 0 saturated heterocycles. The largest absolute Gasteiger partial charge is 0.0707 e. The van der Waals surface area contributed by atoms with Gasteiger partial charge in [0, 0.05) is 0 Å². The molecule has 0 nitrogen and oxygen atoms in total. The fourth-order valence-corrected chi connectivity index (χ4v) is 2.10. The highest BCUT2D eigenvalue weighted by atomic mass is 14.3. The first-order chi connectivity index (χ1) is 6.08. The third kappa shape index (κ3) is 2.59. The first kappa shape index (κ1) is 10.8. The second-order valence-electron chi connectivity index (χ2n) is 5.03. The summed E-state index contributed by atoms with van der Waals surface area (Å²) in [5, 5.41) is 0. The summed E-state index contributed by atoms with van der Waals surface area (Å²) in [6.45, 7) is 9.41. The minimum atomic E-state index is 0.437. The summed E-state index contributed by atoms with van der Waals surface area (Å²) in [4.78, 5) is 0. The Morgan fingerprint density at radius 3 is 2.15 bits per heavy atom. The van der Waals surface area contributed by atoms with E-state index < -0.39 is 0 Å². The Balaban J connectivity index is 2.76. The average Bonchev–Trinajstić information content (AvgIpc) is 2.18. The zero-order valence-corrected chi connectivity index (χ0v) is 9.74. The molecule has 0 spiro atoms. The SMILES string of the molecule is CCC(C)(C)C(C)=C1CCCCC1. The van der Waals surface area contributed by atoms with E-state index in [0.717, 1.165) is 0 Å². The van der Waals surface area contributed by atoms with E-state index in [-0.39, 0.29) is 0 Å². The molecule has 1 aliphatic carbocycles. The fourth-order valence-electron chi connectivity index (χ4n) is 2.10. The van der Waals surface area contributed by atoms with Crippen molar-refractivity contribution in [3.05, 3.63) is 11.1 Å². The number of hydrogen-bond donors (Lipinski definition) is 0. The van der Waals surface area contributed by atoms with Crippen LogP contribution in [-0.2, 0) is 0 Å². The van der Waals surface area contributed by atoms with Crippen molar-refractivity contribution < 1.29 is 0 Å². The molecule has 0 aromatic rings. The van der Waals surface area contributed by atoms with E-state index in [1.165, 1.54) is 38.5 Å². The minimum absolute atomic E-state index is 0.437. The van der Waals surface area contributed by atoms with E-state index >= 15 is 0 Å². The summed E-state index contributed by atoms with van der Waals surface area (Å²) in [7, 11) is 0. The monoisotopic (exact) mass is 180 g/mol. The molecule has 0 atom stereocenters. The fraction of sp³-hybridized carbons (Fsp3) is 0.846. The van der Waals surface area contributed by atoms with Crippen molar-refractivity contribution >= 4 is 0 Å². The first-order valence-corrected chi connectivity index (χ1v) is 5.77. The van der Waals surface area contributed by atoms with Crippen molar-refractivity contribution in [2.24, 2.45) is 5.41 Å². The van der Waals surface area contributed by atoms with Crippen LogP contribution >= 0.6 is 0 Å². The lowest BCUT2D eigenvalue weighted by molar-refractivity contribution is 0.416. The Hall–Kier alpha value is -0.260. The summed E-state index contributed by atoms with van der Waals surface area (Å²) in [5.74, 6) is 0. The molecule has 0 heteroatoms. The van der Waals surface area contributed by atoms with Gasteiger partial charge in [-0.1, -0.05) is 38.3 Å². The molecule has 0 aromatic heterocycles. The lowest BCUT2D eigenvalue weighted by Gasteiger charge is -2.29. The van der Waals surface area contributed by atoms with E-state index in [9.17, 15) is 0 Å². The summed E-state index contributed by atoms with van der Waals surface area (Å²) in [6.07, 6.45) is 8.30. The van der Waals surface area contributed by atoms with Gasteiger partial charge in [-0.05, 0) is 44.4 Å². The van der Waals surface area contributed by atoms with E-state index in [1.807, 2.05) is 0 Å². The molecule has 0 radical (unpaired) electrons. The number of hydrogen-bond acceptors (Lipinski definition) is 0. The van der Waals surface area contributed by atoms with Crippen LogP contribution < -0.4 is 0 Å². The van der Waals surface area contributed by atoms with E-state index in [4.69, 9.17) is 0 Å². The second-order valence-corrected chi connectivity index (χ2v) is 5.03. The Morgan fingerprint density at radius 1 is 1.15 bits per heavy atom. The van der Waals surface area contributed by atoms with Crippen molar-refractivity contribution in [3.63, 3.8) is 0 Å². The predicted molar refractivity (Wildman–Crippen MR) is 59.9 cm³/mol. The maximum absolute atomic E-state index is 2.38. The highest BCUT2D eigenvalue weighted by molar-refractivity contribution is 5.19. The van der Waals surface area contributed by atoms with Gasteiger partial charge in [-0.2, -0.15) is 0 Å². The predicted octanol–water partition coefficient (Wildman–Crippen LogP) is 4.70. The van der Waals surface area contributed by atoms with Gasteiger partial charge in [0.1, 0.15) is 0 Å². The molecule has 13 heavy (non-hydrogen) atoms. The maximum Gasteiger partial charge on any atom is -0.0147 e. The molecule has 0 heterocycles. The summed E-state index contributed by atoms with van der Waals surface area (Å²) >= 11 is 0. The van der Waals surface area contributed by atoms with E-state index in [2.05, 4.69) is 27.7 Å². The van der Waals surface area contributed by atoms with Gasteiger partial charge in [-0.3, -0.25) is 0 Å². The lowest BCUT2D eigenvalue weighted by Crippen LogP contribution is -2.14. The van der Waals surface area contributed by atoms with Gasteiger partial charge in [0.2, 0.25) is 0 Å². The highest BCUT2D eigenvalue weighted by Gasteiger charge is 2.21. The van der Waals surface area contributed by atoms with Crippen LogP contribution in [0.25, 0.3) is 0 Å². The van der Waals surface area contributed by atoms with Crippen molar-refractivity contribution in [2.45, 2.75) is 66.2 Å². The molecule has 1 fully saturated rings. The average molecular weight is 180 g/mol. The Labute approximate surface area is 83.4 Å². The summed E-state index contributed by atoms with van der Waals surface area (Å²) in [5.41, 5.74) is 3.87. The van der Waals surface area contributed by atoms with Crippen molar-refractivity contribution in [3.8, 4) is 0 Å². The maximum atomic E-state index is 2.38. The second kappa shape index (κ2) is 4.30. The van der Waals surface area contributed by atoms with Gasteiger partial charge in [0.25, 0.3) is 0 Å². The Kier molecular flexibility index (Phi) is 3.58.